The van der Waals surface area contributed by atoms with Gasteiger partial charge in [0.1, 0.15) is 17.1 Å². The van der Waals surface area contributed by atoms with E-state index in [4.69, 9.17) is 13.7 Å². The number of benzene rings is 2. The number of anilines is 1. The van der Waals surface area contributed by atoms with Gasteiger partial charge in [-0.05, 0) is 32.4 Å². The van der Waals surface area contributed by atoms with E-state index < -0.39 is 18.0 Å². The highest BCUT2D eigenvalue weighted by Crippen LogP contribution is 2.28. The number of aromatic nitrogens is 1. The van der Waals surface area contributed by atoms with Crippen LogP contribution in [0.1, 0.15) is 35.0 Å². The lowest BCUT2D eigenvalue weighted by atomic mass is 10.0. The van der Waals surface area contributed by atoms with Crippen molar-refractivity contribution in [3.63, 3.8) is 0 Å². The number of nitrogens with one attached hydrogen (secondary N) is 1. The molecule has 0 radical (unpaired) electrons. The molecule has 0 aliphatic heterocycles. The molecule has 1 unspecified atom stereocenters. The number of carbonyl (C=O) groups is 2. The molecule has 0 saturated heterocycles. The number of nitrogens with zero attached hydrogens (tertiary/aromatic N) is 1. The van der Waals surface area contributed by atoms with Gasteiger partial charge in [-0.2, -0.15) is 0 Å². The van der Waals surface area contributed by atoms with Crippen LogP contribution in [-0.2, 0) is 9.53 Å². The summed E-state index contributed by atoms with van der Waals surface area (Å²) >= 11 is 0. The fourth-order valence-electron chi connectivity index (χ4n) is 3.48. The first-order chi connectivity index (χ1) is 15.9. The van der Waals surface area contributed by atoms with Crippen LogP contribution in [0.3, 0.4) is 0 Å². The van der Waals surface area contributed by atoms with Crippen molar-refractivity contribution in [2.45, 2.75) is 33.3 Å². The fraction of sp³-hybridized carbons (Fsp3) is 0.200. The number of rotatable bonds is 6. The summed E-state index contributed by atoms with van der Waals surface area (Å²) in [6.45, 7) is 5.09. The molecule has 0 fully saturated rings. The summed E-state index contributed by atoms with van der Waals surface area (Å²) in [7, 11) is 0. The van der Waals surface area contributed by atoms with Gasteiger partial charge in [-0.1, -0.05) is 48.5 Å². The molecule has 2 aromatic carbocycles. The molecule has 2 aromatic heterocycles. The topological polar surface area (TPSA) is 112 Å². The van der Waals surface area contributed by atoms with Crippen molar-refractivity contribution in [3.05, 3.63) is 81.7 Å². The quantitative estimate of drug-likeness (QED) is 0.430. The van der Waals surface area contributed by atoms with Gasteiger partial charge in [0.2, 0.25) is 0 Å². The van der Waals surface area contributed by atoms with Crippen molar-refractivity contribution in [1.29, 1.82) is 0 Å². The minimum atomic E-state index is -1.07. The molecular formula is C25H22N2O6. The molecular weight excluding hydrogens is 424 g/mol. The van der Waals surface area contributed by atoms with E-state index in [0.717, 1.165) is 0 Å². The number of ether oxygens (including phenoxy) is 1. The van der Waals surface area contributed by atoms with Gasteiger partial charge in [0.05, 0.1) is 5.39 Å². The Labute approximate surface area is 189 Å². The van der Waals surface area contributed by atoms with Gasteiger partial charge < -0.3 is 19.0 Å². The molecule has 8 heteroatoms. The Morgan fingerprint density at radius 2 is 1.85 bits per heavy atom. The highest BCUT2D eigenvalue weighted by molar-refractivity contribution is 6.04. The number of hydrogen-bond acceptors (Lipinski definition) is 7. The van der Waals surface area contributed by atoms with Crippen LogP contribution in [0.4, 0.5) is 5.82 Å². The van der Waals surface area contributed by atoms with E-state index in [1.165, 1.54) is 6.07 Å². The van der Waals surface area contributed by atoms with Crippen molar-refractivity contribution < 1.29 is 23.3 Å². The SMILES string of the molecule is CCC(OC(=O)c1cccc2c(=O)c(C)c(-c3ccccc3)oc12)C(=O)Nc1cc(C)on1. The molecule has 1 atom stereocenters. The van der Waals surface area contributed by atoms with Crippen molar-refractivity contribution in [1.82, 2.24) is 5.16 Å². The van der Waals surface area contributed by atoms with Gasteiger partial charge >= 0.3 is 5.97 Å². The fourth-order valence-corrected chi connectivity index (χ4v) is 3.48. The summed E-state index contributed by atoms with van der Waals surface area (Å²) < 4.78 is 16.5. The smallest absolute Gasteiger partial charge is 0.342 e. The summed E-state index contributed by atoms with van der Waals surface area (Å²) in [6, 6.07) is 15.4. The number of fused-ring (bicyclic) bond motifs is 1. The molecule has 0 aliphatic rings. The van der Waals surface area contributed by atoms with Gasteiger partial charge in [0.15, 0.2) is 22.9 Å². The molecule has 4 aromatic rings. The largest absolute Gasteiger partial charge is 0.455 e. The van der Waals surface area contributed by atoms with E-state index in [2.05, 4.69) is 10.5 Å². The molecule has 1 N–H and O–H groups in total. The zero-order chi connectivity index (χ0) is 23.5. The lowest BCUT2D eigenvalue weighted by Gasteiger charge is -2.16. The third-order valence-electron chi connectivity index (χ3n) is 5.19. The number of para-hydroxylation sites is 1. The second-order valence-electron chi connectivity index (χ2n) is 7.55. The average molecular weight is 446 g/mol. The van der Waals surface area contributed by atoms with Crippen LogP contribution < -0.4 is 10.7 Å². The molecule has 2 heterocycles. The molecule has 4 rings (SSSR count). The van der Waals surface area contributed by atoms with E-state index in [9.17, 15) is 14.4 Å². The predicted octanol–water partition coefficient (Wildman–Crippen LogP) is 4.64. The van der Waals surface area contributed by atoms with E-state index in [-0.39, 0.29) is 34.2 Å². The Balaban J connectivity index is 1.68. The zero-order valence-corrected chi connectivity index (χ0v) is 18.4. The average Bonchev–Trinajstić information content (AvgIpc) is 3.24. The maximum Gasteiger partial charge on any atom is 0.342 e. The van der Waals surface area contributed by atoms with E-state index in [1.807, 2.05) is 30.3 Å². The Bertz CT molecular complexity index is 1390. The van der Waals surface area contributed by atoms with Crippen LogP contribution in [0.25, 0.3) is 22.3 Å². The Morgan fingerprint density at radius 1 is 1.09 bits per heavy atom. The standard InChI is InChI=1S/C25H22N2O6/c1-4-19(24(29)26-20-13-14(2)33-27-20)31-25(30)18-12-8-11-17-21(28)15(3)22(32-23(17)18)16-9-6-5-7-10-16/h5-13,19H,4H2,1-3H3,(H,26,27,29). The van der Waals surface area contributed by atoms with Crippen molar-refractivity contribution in [3.8, 4) is 11.3 Å². The molecule has 8 nitrogen and oxygen atoms in total. The van der Waals surface area contributed by atoms with Crippen LogP contribution in [0.2, 0.25) is 0 Å². The Kier molecular flexibility index (Phi) is 6.08. The minimum Gasteiger partial charge on any atom is -0.455 e. The number of amides is 1. The summed E-state index contributed by atoms with van der Waals surface area (Å²) in [5.41, 5.74) is 1.08. The second kappa shape index (κ2) is 9.12. The van der Waals surface area contributed by atoms with Crippen LogP contribution >= 0.6 is 0 Å². The lowest BCUT2D eigenvalue weighted by molar-refractivity contribution is -0.124. The lowest BCUT2D eigenvalue weighted by Crippen LogP contribution is -2.32. The third-order valence-corrected chi connectivity index (χ3v) is 5.19. The highest BCUT2D eigenvalue weighted by atomic mass is 16.5. The normalized spacial score (nSPS) is 11.8. The summed E-state index contributed by atoms with van der Waals surface area (Å²) in [5.74, 6) is -0.178. The Hall–Kier alpha value is -4.20. The van der Waals surface area contributed by atoms with Gasteiger partial charge in [-0.25, -0.2) is 4.79 Å². The van der Waals surface area contributed by atoms with Gasteiger partial charge in [0.25, 0.3) is 5.91 Å². The zero-order valence-electron chi connectivity index (χ0n) is 18.4. The third kappa shape index (κ3) is 4.41. The van der Waals surface area contributed by atoms with Crippen LogP contribution in [-0.4, -0.2) is 23.1 Å². The van der Waals surface area contributed by atoms with E-state index in [1.54, 1.807) is 39.0 Å². The number of hydrogen-bond donors (Lipinski definition) is 1. The molecule has 0 saturated carbocycles. The molecule has 0 aliphatic carbocycles. The second-order valence-corrected chi connectivity index (χ2v) is 7.55. The monoisotopic (exact) mass is 446 g/mol. The first kappa shape index (κ1) is 22.0. The molecule has 0 bridgehead atoms. The van der Waals surface area contributed by atoms with Crippen molar-refractivity contribution >= 4 is 28.7 Å². The predicted molar refractivity (Wildman–Crippen MR) is 122 cm³/mol. The van der Waals surface area contributed by atoms with Crippen LogP contribution in [0.15, 0.2) is 68.3 Å². The van der Waals surface area contributed by atoms with Gasteiger partial charge in [0, 0.05) is 17.2 Å². The van der Waals surface area contributed by atoms with Crippen molar-refractivity contribution in [2.75, 3.05) is 5.32 Å². The van der Waals surface area contributed by atoms with Gasteiger partial charge in [-0.15, -0.1) is 0 Å². The number of carbonyl (C=O) groups excluding carboxylic acids is 2. The molecule has 33 heavy (non-hydrogen) atoms. The van der Waals surface area contributed by atoms with Gasteiger partial charge in [-0.3, -0.25) is 9.59 Å². The molecule has 0 spiro atoms. The van der Waals surface area contributed by atoms with Crippen LogP contribution in [0.5, 0.6) is 0 Å². The maximum absolute atomic E-state index is 13.0. The summed E-state index contributed by atoms with van der Waals surface area (Å²) in [6.07, 6.45) is -0.840. The first-order valence-electron chi connectivity index (χ1n) is 10.5. The number of esters is 1. The Morgan fingerprint density at radius 3 is 2.52 bits per heavy atom. The van der Waals surface area contributed by atoms with E-state index >= 15 is 0 Å². The summed E-state index contributed by atoms with van der Waals surface area (Å²) in [4.78, 5) is 38.6. The van der Waals surface area contributed by atoms with Crippen molar-refractivity contribution in [2.24, 2.45) is 0 Å². The van der Waals surface area contributed by atoms with Crippen LogP contribution in [0, 0.1) is 13.8 Å². The summed E-state index contributed by atoms with van der Waals surface area (Å²) in [5, 5.41) is 6.53. The minimum absolute atomic E-state index is 0.0605. The number of aryl methyl sites for hydroxylation is 1. The van der Waals surface area contributed by atoms with E-state index in [0.29, 0.717) is 22.6 Å². The molecule has 1 amide bonds. The maximum atomic E-state index is 13.0. The molecule has 168 valence electrons. The highest BCUT2D eigenvalue weighted by Gasteiger charge is 2.25. The first-order valence-corrected chi connectivity index (χ1v) is 10.5.